The molecular weight excluding hydrogens is 768 g/mol. The third-order valence-corrected chi connectivity index (χ3v) is 8.20. The van der Waals surface area contributed by atoms with E-state index in [1.807, 2.05) is 39.8 Å². The Morgan fingerprint density at radius 1 is 0.644 bits per heavy atom. The molecule has 4 amide bonds. The molecule has 0 radical (unpaired) electrons. The van der Waals surface area contributed by atoms with Crippen LogP contribution in [-0.2, 0) is 19.2 Å². The molecule has 2 atom stereocenters. The lowest BCUT2D eigenvalue weighted by Crippen LogP contribution is -2.46. The van der Waals surface area contributed by atoms with E-state index in [4.69, 9.17) is 57.8 Å². The van der Waals surface area contributed by atoms with Crippen molar-refractivity contribution in [3.63, 3.8) is 0 Å². The highest BCUT2D eigenvalue weighted by molar-refractivity contribution is 5.98. The highest BCUT2D eigenvalue weighted by Gasteiger charge is 2.23. The van der Waals surface area contributed by atoms with Crippen LogP contribution in [0.4, 0.5) is 0 Å². The minimum Gasteiger partial charge on any atom is -0.489 e. The molecule has 3 rings (SSSR count). The first-order valence-corrected chi connectivity index (χ1v) is 18.6. The number of fused-ring (bicyclic) bond motifs is 2. The lowest BCUT2D eigenvalue weighted by atomic mass is 10.1. The molecule has 59 heavy (non-hydrogen) atoms. The van der Waals surface area contributed by atoms with Gasteiger partial charge >= 0.3 is 0 Å². The predicted molar refractivity (Wildman–Crippen MR) is 223 cm³/mol. The summed E-state index contributed by atoms with van der Waals surface area (Å²) in [6.07, 6.45) is 4.65. The van der Waals surface area contributed by atoms with Crippen molar-refractivity contribution in [2.45, 2.75) is 65.5 Å². The van der Waals surface area contributed by atoms with Crippen LogP contribution in [0.15, 0.2) is 66.8 Å². The minimum absolute atomic E-state index is 0.0255. The summed E-state index contributed by atoms with van der Waals surface area (Å²) in [7, 11) is 0. The second kappa shape index (κ2) is 22.7. The number of amides is 4. The van der Waals surface area contributed by atoms with Crippen LogP contribution >= 0.6 is 0 Å². The van der Waals surface area contributed by atoms with Gasteiger partial charge in [0.1, 0.15) is 70.2 Å². The molecule has 0 aliphatic rings. The van der Waals surface area contributed by atoms with Gasteiger partial charge in [0, 0.05) is 37.4 Å². The van der Waals surface area contributed by atoms with Gasteiger partial charge in [0.15, 0.2) is 25.1 Å². The molecule has 20 heteroatoms. The molecule has 0 aliphatic carbocycles. The number of primary amides is 2. The first-order chi connectivity index (χ1) is 27.9. The molecule has 0 bridgehead atoms. The van der Waals surface area contributed by atoms with Crippen LogP contribution in [-0.4, -0.2) is 87.1 Å². The van der Waals surface area contributed by atoms with Gasteiger partial charge in [-0.3, -0.25) is 34.0 Å². The summed E-state index contributed by atoms with van der Waals surface area (Å²) >= 11 is 0. The van der Waals surface area contributed by atoms with Gasteiger partial charge in [-0.1, -0.05) is 11.1 Å². The van der Waals surface area contributed by atoms with Crippen molar-refractivity contribution in [1.82, 2.24) is 10.6 Å². The van der Waals surface area contributed by atoms with Crippen LogP contribution in [0.1, 0.15) is 53.4 Å². The van der Waals surface area contributed by atoms with E-state index in [9.17, 15) is 24.0 Å². The van der Waals surface area contributed by atoms with Crippen LogP contribution in [0.3, 0.4) is 0 Å². The number of nitrogens with zero attached hydrogens (tertiary/aromatic N) is 2. The Bertz CT molecular complexity index is 2020. The van der Waals surface area contributed by atoms with Gasteiger partial charge in [-0.25, -0.2) is 0 Å². The topological polar surface area (TPSA) is 340 Å². The van der Waals surface area contributed by atoms with Crippen LogP contribution < -0.4 is 69.4 Å². The van der Waals surface area contributed by atoms with Crippen molar-refractivity contribution in [1.29, 1.82) is 0 Å². The van der Waals surface area contributed by atoms with Gasteiger partial charge in [-0.05, 0) is 65.5 Å². The Balaban J connectivity index is 2.05. The molecule has 1 aromatic heterocycles. The maximum Gasteiger partial charge on any atom is 0.258 e. The number of hydrogen-bond donors (Lipinski definition) is 8. The van der Waals surface area contributed by atoms with Gasteiger partial charge in [0.2, 0.25) is 17.2 Å². The second-order valence-electron chi connectivity index (χ2n) is 13.7. The van der Waals surface area contributed by atoms with Crippen molar-refractivity contribution in [2.24, 2.45) is 44.4 Å². The molecule has 14 N–H and O–H groups in total. The number of carbonyl (C=O) groups excluding carboxylic acids is 4. The normalized spacial score (nSPS) is 11.7. The molecule has 320 valence electrons. The third-order valence-electron chi connectivity index (χ3n) is 8.20. The average Bonchev–Trinajstić information content (AvgIpc) is 3.14. The number of rotatable bonds is 24. The number of allylic oxidation sites excluding steroid dienone is 2. The highest BCUT2D eigenvalue weighted by atomic mass is 16.5. The van der Waals surface area contributed by atoms with E-state index in [0.29, 0.717) is 12.8 Å². The van der Waals surface area contributed by atoms with Crippen molar-refractivity contribution >= 4 is 57.5 Å². The Labute approximate surface area is 340 Å². The minimum atomic E-state index is -1.06. The van der Waals surface area contributed by atoms with Gasteiger partial charge < -0.3 is 68.4 Å². The summed E-state index contributed by atoms with van der Waals surface area (Å²) in [5, 5.41) is 4.86. The number of benzene rings is 2. The molecule has 0 saturated heterocycles. The lowest BCUT2D eigenvalue weighted by Gasteiger charge is -2.17. The van der Waals surface area contributed by atoms with Crippen molar-refractivity contribution in [3.8, 4) is 23.0 Å². The van der Waals surface area contributed by atoms with Gasteiger partial charge in [0.05, 0.1) is 0 Å². The van der Waals surface area contributed by atoms with E-state index < -0.39 is 54.4 Å². The van der Waals surface area contributed by atoms with E-state index in [1.165, 1.54) is 24.3 Å². The highest BCUT2D eigenvalue weighted by Crippen LogP contribution is 2.36. The average molecular weight is 823 g/mol. The molecule has 0 unspecified atom stereocenters. The second-order valence-corrected chi connectivity index (χ2v) is 13.7. The number of nitrogens with two attached hydrogens (primary N) is 6. The molecule has 0 saturated carbocycles. The molecule has 0 spiro atoms. The number of aliphatic imine (C=N–C) groups is 2. The fourth-order valence-corrected chi connectivity index (χ4v) is 5.32. The number of guanidine groups is 2. The molecule has 2 aromatic carbocycles. The van der Waals surface area contributed by atoms with Crippen molar-refractivity contribution in [2.75, 3.05) is 39.5 Å². The van der Waals surface area contributed by atoms with Crippen molar-refractivity contribution < 1.29 is 42.5 Å². The number of hydrogen-bond acceptors (Lipinski definition) is 12. The zero-order chi connectivity index (χ0) is 43.6. The predicted octanol–water partition coefficient (Wildman–Crippen LogP) is 0.441. The standard InChI is InChI=1S/C39H54N10O10/c1-21(2)9-13-55-23-15-27(57-19-31(50)48-25(36(40)53)7-5-11-46-38(42)43)33-29(17-23)59-30-18-24(56-14-10-22(3)4)16-28(34(30)35(33)52)58-20-32(51)49-26(37(41)54)8-6-12-47-39(44)45/h9-10,15-18,25-26H,5-8,11-14,19-20H2,1-4H3,(H2,40,53)(H2,41,54)(H,48,50)(H,49,51)(H4,42,43,46)(H4,44,45,47)/t25-,26-/m0/s1. The summed E-state index contributed by atoms with van der Waals surface area (Å²) < 4.78 is 29.9. The Morgan fingerprint density at radius 3 is 1.37 bits per heavy atom. The quantitative estimate of drug-likeness (QED) is 0.0200. The van der Waals surface area contributed by atoms with E-state index in [2.05, 4.69) is 20.6 Å². The number of carbonyl (C=O) groups is 4. The van der Waals surface area contributed by atoms with Gasteiger partial charge in [0.25, 0.3) is 11.8 Å². The molecule has 20 nitrogen and oxygen atoms in total. The zero-order valence-electron chi connectivity index (χ0n) is 33.6. The summed E-state index contributed by atoms with van der Waals surface area (Å²) in [5.41, 5.74) is 33.8. The first kappa shape index (κ1) is 46.4. The van der Waals surface area contributed by atoms with Crippen LogP contribution in [0, 0.1) is 0 Å². The number of nitrogens with one attached hydrogen (secondary N) is 2. The van der Waals surface area contributed by atoms with E-state index in [1.54, 1.807) is 0 Å². The maximum atomic E-state index is 14.5. The van der Waals surface area contributed by atoms with Crippen LogP contribution in [0.2, 0.25) is 0 Å². The summed E-state index contributed by atoms with van der Waals surface area (Å²) in [4.78, 5) is 72.5. The smallest absolute Gasteiger partial charge is 0.258 e. The maximum absolute atomic E-state index is 14.5. The molecule has 1 heterocycles. The molecule has 0 aliphatic heterocycles. The molecular formula is C39H54N10O10. The van der Waals surface area contributed by atoms with Crippen LogP contribution in [0.25, 0.3) is 21.9 Å². The van der Waals surface area contributed by atoms with Gasteiger partial charge in [-0.15, -0.1) is 0 Å². The Kier molecular flexibility index (Phi) is 17.8. The SMILES string of the molecule is CC(C)=CCOc1cc(OCC(=O)N[C@@H](CCCN=C(N)N)C(N)=O)c2c(=O)c3c(OCC(=O)N[C@@H](CCCN=C(N)N)C(N)=O)cc(OCC=C(C)C)cc3oc2c1. The van der Waals surface area contributed by atoms with Crippen molar-refractivity contribution in [3.05, 3.63) is 57.8 Å². The van der Waals surface area contributed by atoms with Gasteiger partial charge in [-0.2, -0.15) is 0 Å². The monoisotopic (exact) mass is 822 g/mol. The zero-order valence-corrected chi connectivity index (χ0v) is 33.6. The first-order valence-electron chi connectivity index (χ1n) is 18.6. The van der Waals surface area contributed by atoms with E-state index in [0.717, 1.165) is 11.1 Å². The Morgan fingerprint density at radius 2 is 1.03 bits per heavy atom. The largest absolute Gasteiger partial charge is 0.489 e. The van der Waals surface area contributed by atoms with Crippen LogP contribution in [0.5, 0.6) is 23.0 Å². The summed E-state index contributed by atoms with van der Waals surface area (Å²) in [6, 6.07) is 3.70. The summed E-state index contributed by atoms with van der Waals surface area (Å²) in [6.45, 7) is 7.07. The summed E-state index contributed by atoms with van der Waals surface area (Å²) in [5.74, 6) is -2.94. The third kappa shape index (κ3) is 15.5. The molecule has 0 fully saturated rings. The fraction of sp³-hybridized carbons (Fsp3) is 0.410. The van der Waals surface area contributed by atoms with E-state index in [-0.39, 0.29) is 96.0 Å². The lowest BCUT2D eigenvalue weighted by molar-refractivity contribution is -0.128. The molecule has 3 aromatic rings. The fourth-order valence-electron chi connectivity index (χ4n) is 5.32. The van der Waals surface area contributed by atoms with E-state index >= 15 is 0 Å². The Hall–Kier alpha value is -6.99. The number of ether oxygens (including phenoxy) is 4.